The molecule has 1 N–H and O–H groups in total. The summed E-state index contributed by atoms with van der Waals surface area (Å²) in [6.45, 7) is 21.9. The van der Waals surface area contributed by atoms with E-state index in [9.17, 15) is 5.11 Å². The third kappa shape index (κ3) is 5.96. The van der Waals surface area contributed by atoms with E-state index in [1.54, 1.807) is 0 Å². The Morgan fingerprint density at radius 1 is 1.18 bits per heavy atom. The fourth-order valence-electron chi connectivity index (χ4n) is 5.92. The van der Waals surface area contributed by atoms with E-state index in [2.05, 4.69) is 67.6 Å². The quantitative estimate of drug-likeness (QED) is 0.312. The lowest BCUT2D eigenvalue weighted by Crippen LogP contribution is -2.48. The van der Waals surface area contributed by atoms with Gasteiger partial charge in [0.05, 0.1) is 12.7 Å². The van der Waals surface area contributed by atoms with Crippen LogP contribution in [0.15, 0.2) is 11.6 Å². The van der Waals surface area contributed by atoms with Crippen molar-refractivity contribution in [2.24, 2.45) is 23.7 Å². The molecule has 1 saturated heterocycles. The second-order valence-corrected chi connectivity index (χ2v) is 18.2. The highest BCUT2D eigenvalue weighted by Gasteiger charge is 2.52. The molecule has 1 heterocycles. The molecule has 2 aliphatic carbocycles. The molecule has 0 aromatic carbocycles. The Balaban J connectivity index is 1.76. The Hall–Kier alpha value is -0.203. The van der Waals surface area contributed by atoms with Crippen molar-refractivity contribution < 1.29 is 19.0 Å². The molecule has 1 aliphatic heterocycles. The van der Waals surface area contributed by atoms with Gasteiger partial charge in [0.1, 0.15) is 5.60 Å². The van der Waals surface area contributed by atoms with Crippen molar-refractivity contribution in [3.05, 3.63) is 11.6 Å². The van der Waals surface area contributed by atoms with Gasteiger partial charge in [0.25, 0.3) is 0 Å². The van der Waals surface area contributed by atoms with Crippen LogP contribution in [0.3, 0.4) is 0 Å². The Kier molecular flexibility index (Phi) is 8.33. The standard InChI is InChI=1S/C28H52O4Si/c1-20(2)22-14-13-21(3)23(24(22)18-31-33(8,9)26(4,5)6)17-25(29)27(7)19-30-28(32-27)15-11-10-12-16-28/h13,20,22-25,29H,10-12,14-19H2,1-9H3/t22-,23+,24-,25-,27+/m1/s1. The molecule has 3 aliphatic rings. The summed E-state index contributed by atoms with van der Waals surface area (Å²) in [7, 11) is -1.84. The van der Waals surface area contributed by atoms with E-state index in [0.29, 0.717) is 36.7 Å². The van der Waals surface area contributed by atoms with Crippen LogP contribution in [0.1, 0.15) is 93.4 Å². The normalized spacial score (nSPS) is 34.0. The molecule has 2 fully saturated rings. The van der Waals surface area contributed by atoms with Crippen molar-refractivity contribution in [3.8, 4) is 0 Å². The van der Waals surface area contributed by atoms with Crippen molar-refractivity contribution in [1.82, 2.24) is 0 Å². The molecule has 0 unspecified atom stereocenters. The van der Waals surface area contributed by atoms with Gasteiger partial charge < -0.3 is 19.0 Å². The van der Waals surface area contributed by atoms with E-state index >= 15 is 0 Å². The van der Waals surface area contributed by atoms with Gasteiger partial charge in [-0.05, 0) is 81.3 Å². The number of aliphatic hydroxyl groups is 1. The van der Waals surface area contributed by atoms with Gasteiger partial charge in [-0.2, -0.15) is 0 Å². The molecule has 1 saturated carbocycles. The average Bonchev–Trinajstić information content (AvgIpc) is 3.04. The van der Waals surface area contributed by atoms with Gasteiger partial charge in [-0.1, -0.05) is 52.7 Å². The maximum absolute atomic E-state index is 11.5. The van der Waals surface area contributed by atoms with Crippen LogP contribution in [0.2, 0.25) is 18.1 Å². The average molecular weight is 481 g/mol. The zero-order chi connectivity index (χ0) is 24.7. The molecule has 33 heavy (non-hydrogen) atoms. The first kappa shape index (κ1) is 27.4. The number of hydrogen-bond acceptors (Lipinski definition) is 4. The predicted molar refractivity (Wildman–Crippen MR) is 139 cm³/mol. The molecule has 0 radical (unpaired) electrons. The molecule has 0 bridgehead atoms. The Morgan fingerprint density at radius 2 is 1.82 bits per heavy atom. The molecular formula is C28H52O4Si. The summed E-state index contributed by atoms with van der Waals surface area (Å²) in [6, 6.07) is 0. The summed E-state index contributed by atoms with van der Waals surface area (Å²) in [4.78, 5) is 0. The number of allylic oxidation sites excluding steroid dienone is 2. The fourth-order valence-corrected chi connectivity index (χ4v) is 6.96. The lowest BCUT2D eigenvalue weighted by atomic mass is 9.66. The van der Waals surface area contributed by atoms with Crippen LogP contribution in [0.25, 0.3) is 0 Å². The number of aliphatic hydroxyl groups excluding tert-OH is 1. The molecule has 0 aromatic heterocycles. The van der Waals surface area contributed by atoms with E-state index in [0.717, 1.165) is 38.7 Å². The number of rotatable bonds is 7. The Morgan fingerprint density at radius 3 is 2.39 bits per heavy atom. The highest BCUT2D eigenvalue weighted by atomic mass is 28.4. The minimum absolute atomic E-state index is 0.200. The minimum atomic E-state index is -1.84. The summed E-state index contributed by atoms with van der Waals surface area (Å²) in [5.74, 6) is 1.45. The van der Waals surface area contributed by atoms with Gasteiger partial charge in [0.2, 0.25) is 0 Å². The molecule has 0 aromatic rings. The van der Waals surface area contributed by atoms with E-state index in [-0.39, 0.29) is 5.04 Å². The van der Waals surface area contributed by atoms with Crippen LogP contribution >= 0.6 is 0 Å². The Bertz CT molecular complexity index is 689. The van der Waals surface area contributed by atoms with Crippen LogP contribution in [0.4, 0.5) is 0 Å². The van der Waals surface area contributed by atoms with Crippen LogP contribution < -0.4 is 0 Å². The topological polar surface area (TPSA) is 47.9 Å². The van der Waals surface area contributed by atoms with Crippen LogP contribution in [-0.2, 0) is 13.9 Å². The molecule has 0 amide bonds. The smallest absolute Gasteiger partial charge is 0.191 e. The zero-order valence-electron chi connectivity index (χ0n) is 23.0. The summed E-state index contributed by atoms with van der Waals surface area (Å²) >= 11 is 0. The minimum Gasteiger partial charge on any atom is -0.417 e. The number of ether oxygens (including phenoxy) is 2. The molecule has 4 nitrogen and oxygen atoms in total. The maximum Gasteiger partial charge on any atom is 0.191 e. The molecule has 1 spiro atoms. The van der Waals surface area contributed by atoms with Crippen molar-refractivity contribution >= 4 is 8.32 Å². The van der Waals surface area contributed by atoms with Gasteiger partial charge in [-0.3, -0.25) is 0 Å². The predicted octanol–water partition coefficient (Wildman–Crippen LogP) is 7.08. The van der Waals surface area contributed by atoms with Crippen molar-refractivity contribution in [3.63, 3.8) is 0 Å². The molecular weight excluding hydrogens is 428 g/mol. The summed E-state index contributed by atoms with van der Waals surface area (Å²) < 4.78 is 19.6. The van der Waals surface area contributed by atoms with Gasteiger partial charge >= 0.3 is 0 Å². The second-order valence-electron chi connectivity index (χ2n) is 13.4. The molecule has 3 rings (SSSR count). The summed E-state index contributed by atoms with van der Waals surface area (Å²) in [6.07, 6.45) is 9.17. The van der Waals surface area contributed by atoms with Gasteiger partial charge in [-0.15, -0.1) is 0 Å². The maximum atomic E-state index is 11.5. The second kappa shape index (κ2) is 10.0. The van der Waals surface area contributed by atoms with Crippen molar-refractivity contribution in [1.29, 1.82) is 0 Å². The molecule has 192 valence electrons. The SMILES string of the molecule is CC1=CC[C@H](C(C)C)[C@@H](CO[Si](C)(C)C(C)(C)C)[C@H]1C[C@@H](O)[C@]1(C)COC2(CCCCC2)O1. The molecule has 5 atom stereocenters. The largest absolute Gasteiger partial charge is 0.417 e. The third-order valence-corrected chi connectivity index (χ3v) is 14.0. The Labute approximate surface area is 205 Å². The highest BCUT2D eigenvalue weighted by Crippen LogP contribution is 2.47. The monoisotopic (exact) mass is 480 g/mol. The lowest BCUT2D eigenvalue weighted by Gasteiger charge is -2.45. The third-order valence-electron chi connectivity index (χ3n) is 9.50. The first-order valence-corrected chi connectivity index (χ1v) is 16.4. The highest BCUT2D eigenvalue weighted by molar-refractivity contribution is 6.74. The van der Waals surface area contributed by atoms with Gasteiger partial charge in [0, 0.05) is 19.4 Å². The molecule has 5 heteroatoms. The van der Waals surface area contributed by atoms with Crippen molar-refractivity contribution in [2.75, 3.05) is 13.2 Å². The van der Waals surface area contributed by atoms with E-state index in [1.165, 1.54) is 12.0 Å². The van der Waals surface area contributed by atoms with Gasteiger partial charge in [0.15, 0.2) is 14.1 Å². The van der Waals surface area contributed by atoms with Crippen LogP contribution in [0, 0.1) is 23.7 Å². The van der Waals surface area contributed by atoms with E-state index in [1.807, 2.05) is 0 Å². The van der Waals surface area contributed by atoms with Crippen LogP contribution in [-0.4, -0.2) is 44.1 Å². The van der Waals surface area contributed by atoms with E-state index < -0.39 is 25.8 Å². The van der Waals surface area contributed by atoms with E-state index in [4.69, 9.17) is 13.9 Å². The zero-order valence-corrected chi connectivity index (χ0v) is 24.0. The fraction of sp³-hybridized carbons (Fsp3) is 0.929. The summed E-state index contributed by atoms with van der Waals surface area (Å²) in [5.41, 5.74) is 0.775. The summed E-state index contributed by atoms with van der Waals surface area (Å²) in [5, 5.41) is 11.7. The first-order valence-electron chi connectivity index (χ1n) is 13.5. The van der Waals surface area contributed by atoms with Crippen LogP contribution in [0.5, 0.6) is 0 Å². The number of hydrogen-bond donors (Lipinski definition) is 1. The van der Waals surface area contributed by atoms with Gasteiger partial charge in [-0.25, -0.2) is 0 Å². The lowest BCUT2D eigenvalue weighted by molar-refractivity contribution is -0.218. The van der Waals surface area contributed by atoms with Crippen molar-refractivity contribution in [2.45, 2.75) is 129 Å². The first-order chi connectivity index (χ1) is 15.2.